The Morgan fingerprint density at radius 1 is 1.33 bits per heavy atom. The highest BCUT2D eigenvalue weighted by Crippen LogP contribution is 2.34. The molecule has 2 nitrogen and oxygen atoms in total. The molecule has 2 unspecified atom stereocenters. The minimum Gasteiger partial charge on any atom is -0.229 e. The van der Waals surface area contributed by atoms with Gasteiger partial charge in [-0.1, -0.05) is 26.7 Å². The minimum atomic E-state index is -2.76. The first-order valence-electron chi connectivity index (χ1n) is 5.80. The van der Waals surface area contributed by atoms with E-state index >= 15 is 0 Å². The summed E-state index contributed by atoms with van der Waals surface area (Å²) < 4.78 is 22.8. The Bertz CT molecular complexity index is 283. The third-order valence-corrected chi connectivity index (χ3v) is 5.86. The highest BCUT2D eigenvalue weighted by atomic mass is 35.5. The Morgan fingerprint density at radius 2 is 1.93 bits per heavy atom. The molecule has 0 N–H and O–H groups in total. The minimum absolute atomic E-state index is 0.303. The van der Waals surface area contributed by atoms with Gasteiger partial charge in [-0.25, -0.2) is 8.42 Å². The van der Waals surface area contributed by atoms with Crippen molar-refractivity contribution in [2.24, 2.45) is 17.8 Å². The fourth-order valence-electron chi connectivity index (χ4n) is 2.69. The van der Waals surface area contributed by atoms with E-state index in [0.717, 1.165) is 19.3 Å². The van der Waals surface area contributed by atoms with E-state index in [-0.39, 0.29) is 0 Å². The first-order chi connectivity index (χ1) is 7.04. The van der Waals surface area contributed by atoms with Gasteiger partial charge in [0.1, 0.15) is 0 Å². The fraction of sp³-hybridized carbons (Fsp3) is 1.00. The molecule has 0 aromatic carbocycles. The van der Waals surface area contributed by atoms with Crippen LogP contribution in [0.3, 0.4) is 0 Å². The summed E-state index contributed by atoms with van der Waals surface area (Å²) in [6, 6.07) is 0. The lowest BCUT2D eigenvalue weighted by Crippen LogP contribution is -2.25. The highest BCUT2D eigenvalue weighted by molar-refractivity contribution is 7.91. The van der Waals surface area contributed by atoms with E-state index in [1.165, 1.54) is 0 Å². The summed E-state index contributed by atoms with van der Waals surface area (Å²) in [5, 5.41) is 0. The Morgan fingerprint density at radius 3 is 2.27 bits per heavy atom. The second kappa shape index (κ2) is 5.53. The first kappa shape index (κ1) is 13.3. The summed E-state index contributed by atoms with van der Waals surface area (Å²) >= 11 is 6.00. The molecule has 90 valence electrons. The van der Waals surface area contributed by atoms with Crippen molar-refractivity contribution < 1.29 is 8.42 Å². The topological polar surface area (TPSA) is 34.1 Å². The maximum atomic E-state index is 11.4. The monoisotopic (exact) mass is 252 g/mol. The molecule has 0 aromatic rings. The zero-order valence-electron chi connectivity index (χ0n) is 9.58. The molecular formula is C11H21ClO2S. The molecule has 1 fully saturated rings. The van der Waals surface area contributed by atoms with Crippen molar-refractivity contribution >= 4 is 21.4 Å². The van der Waals surface area contributed by atoms with Gasteiger partial charge in [0.05, 0.1) is 11.5 Å². The zero-order chi connectivity index (χ0) is 11.5. The van der Waals surface area contributed by atoms with Gasteiger partial charge in [0.25, 0.3) is 0 Å². The SMILES string of the molecule is CCC(CC)C(CCl)C1CCS(=O)(=O)C1. The van der Waals surface area contributed by atoms with Crippen molar-refractivity contribution in [1.29, 1.82) is 0 Å². The lowest BCUT2D eigenvalue weighted by molar-refractivity contribution is 0.256. The predicted molar refractivity (Wildman–Crippen MR) is 65.0 cm³/mol. The van der Waals surface area contributed by atoms with Crippen LogP contribution >= 0.6 is 11.6 Å². The Hall–Kier alpha value is 0.240. The molecule has 1 rings (SSSR count). The summed E-state index contributed by atoms with van der Waals surface area (Å²) in [5.41, 5.74) is 0. The van der Waals surface area contributed by atoms with E-state index in [1.807, 2.05) is 0 Å². The van der Waals surface area contributed by atoms with Crippen LogP contribution in [0.25, 0.3) is 0 Å². The molecule has 1 aliphatic rings. The van der Waals surface area contributed by atoms with Gasteiger partial charge in [-0.2, -0.15) is 0 Å². The molecule has 0 radical (unpaired) electrons. The maximum Gasteiger partial charge on any atom is 0.150 e. The van der Waals surface area contributed by atoms with E-state index < -0.39 is 9.84 Å². The number of halogens is 1. The van der Waals surface area contributed by atoms with E-state index in [9.17, 15) is 8.42 Å². The Balaban J connectivity index is 2.67. The molecule has 0 spiro atoms. The largest absolute Gasteiger partial charge is 0.229 e. The van der Waals surface area contributed by atoms with Crippen molar-refractivity contribution in [1.82, 2.24) is 0 Å². The van der Waals surface area contributed by atoms with Crippen LogP contribution in [0.2, 0.25) is 0 Å². The molecule has 1 aliphatic heterocycles. The molecule has 0 aliphatic carbocycles. The molecule has 4 heteroatoms. The number of sulfone groups is 1. The third-order valence-electron chi connectivity index (χ3n) is 3.71. The Labute approximate surface area is 98.3 Å². The maximum absolute atomic E-state index is 11.4. The lowest BCUT2D eigenvalue weighted by atomic mass is 9.80. The van der Waals surface area contributed by atoms with Crippen molar-refractivity contribution in [3.05, 3.63) is 0 Å². The van der Waals surface area contributed by atoms with Crippen LogP contribution in [-0.4, -0.2) is 25.8 Å². The molecule has 0 aromatic heterocycles. The second-order valence-electron chi connectivity index (χ2n) is 4.56. The van der Waals surface area contributed by atoms with Crippen LogP contribution in [0.5, 0.6) is 0 Å². The van der Waals surface area contributed by atoms with Gasteiger partial charge in [-0.05, 0) is 24.2 Å². The highest BCUT2D eigenvalue weighted by Gasteiger charge is 2.35. The number of hydrogen-bond donors (Lipinski definition) is 0. The molecule has 0 amide bonds. The van der Waals surface area contributed by atoms with Crippen molar-refractivity contribution in [2.75, 3.05) is 17.4 Å². The molecule has 1 saturated heterocycles. The Kier molecular flexibility index (Phi) is 4.91. The number of rotatable bonds is 5. The number of hydrogen-bond acceptors (Lipinski definition) is 2. The van der Waals surface area contributed by atoms with Crippen LogP contribution < -0.4 is 0 Å². The average molecular weight is 253 g/mol. The summed E-state index contributed by atoms with van der Waals surface area (Å²) in [6.07, 6.45) is 3.02. The van der Waals surface area contributed by atoms with Crippen LogP contribution in [0, 0.1) is 17.8 Å². The summed E-state index contributed by atoms with van der Waals surface area (Å²) in [7, 11) is -2.76. The second-order valence-corrected chi connectivity index (χ2v) is 7.10. The summed E-state index contributed by atoms with van der Waals surface area (Å²) in [4.78, 5) is 0. The zero-order valence-corrected chi connectivity index (χ0v) is 11.1. The molecule has 2 atom stereocenters. The smallest absolute Gasteiger partial charge is 0.150 e. The van der Waals surface area contributed by atoms with Crippen molar-refractivity contribution in [2.45, 2.75) is 33.1 Å². The van der Waals surface area contributed by atoms with Gasteiger partial charge in [-0.15, -0.1) is 11.6 Å². The van der Waals surface area contributed by atoms with Gasteiger partial charge in [0, 0.05) is 5.88 Å². The quantitative estimate of drug-likeness (QED) is 0.705. The van der Waals surface area contributed by atoms with E-state index in [2.05, 4.69) is 13.8 Å². The standard InChI is InChI=1S/C11H21ClO2S/c1-3-9(4-2)11(7-12)10-5-6-15(13,14)8-10/h9-11H,3-8H2,1-2H3. The van der Waals surface area contributed by atoms with Gasteiger partial charge >= 0.3 is 0 Å². The van der Waals surface area contributed by atoms with Crippen molar-refractivity contribution in [3.8, 4) is 0 Å². The van der Waals surface area contributed by atoms with Gasteiger partial charge in [0.15, 0.2) is 9.84 Å². The van der Waals surface area contributed by atoms with Crippen LogP contribution in [0.4, 0.5) is 0 Å². The van der Waals surface area contributed by atoms with Crippen LogP contribution in [0.15, 0.2) is 0 Å². The van der Waals surface area contributed by atoms with Gasteiger partial charge in [0.2, 0.25) is 0 Å². The summed E-state index contributed by atoms with van der Waals surface area (Å²) in [6.45, 7) is 4.33. The van der Waals surface area contributed by atoms with E-state index in [1.54, 1.807) is 0 Å². The van der Waals surface area contributed by atoms with Crippen LogP contribution in [-0.2, 0) is 9.84 Å². The number of alkyl halides is 1. The molecule has 0 bridgehead atoms. The molecular weight excluding hydrogens is 232 g/mol. The lowest BCUT2D eigenvalue weighted by Gasteiger charge is -2.28. The van der Waals surface area contributed by atoms with Crippen molar-refractivity contribution in [3.63, 3.8) is 0 Å². The van der Waals surface area contributed by atoms with E-state index in [0.29, 0.717) is 35.1 Å². The third kappa shape index (κ3) is 3.35. The summed E-state index contributed by atoms with van der Waals surface area (Å²) in [5.74, 6) is 2.61. The fourth-order valence-corrected chi connectivity index (χ4v) is 5.09. The van der Waals surface area contributed by atoms with Crippen LogP contribution in [0.1, 0.15) is 33.1 Å². The first-order valence-corrected chi connectivity index (χ1v) is 8.16. The van der Waals surface area contributed by atoms with Gasteiger partial charge in [-0.3, -0.25) is 0 Å². The molecule has 15 heavy (non-hydrogen) atoms. The molecule has 1 heterocycles. The average Bonchev–Trinajstić information content (AvgIpc) is 2.54. The predicted octanol–water partition coefficient (Wildman–Crippen LogP) is 2.71. The van der Waals surface area contributed by atoms with E-state index in [4.69, 9.17) is 11.6 Å². The van der Waals surface area contributed by atoms with Gasteiger partial charge < -0.3 is 0 Å². The molecule has 0 saturated carbocycles. The normalized spacial score (nSPS) is 27.1.